The predicted molar refractivity (Wildman–Crippen MR) is 70.2 cm³/mol. The van der Waals surface area contributed by atoms with Crippen molar-refractivity contribution in [2.24, 2.45) is 0 Å². The molecule has 0 aliphatic heterocycles. The molecule has 0 aromatic heterocycles. The number of phenolic OH excluding ortho intramolecular Hbond substituents is 1. The van der Waals surface area contributed by atoms with Crippen molar-refractivity contribution in [3.63, 3.8) is 0 Å². The zero-order chi connectivity index (χ0) is 13.0. The van der Waals surface area contributed by atoms with Crippen LogP contribution in [0.15, 0.2) is 30.3 Å². The van der Waals surface area contributed by atoms with E-state index in [0.29, 0.717) is 12.8 Å². The van der Waals surface area contributed by atoms with Crippen LogP contribution in [-0.2, 0) is 4.79 Å². The molecule has 1 aliphatic carbocycles. The number of carbonyl (C=O) groups excluding carboxylic acids is 1. The number of hydrogen-bond acceptors (Lipinski definition) is 3. The van der Waals surface area contributed by atoms with Gasteiger partial charge < -0.3 is 10.2 Å². The molecule has 0 amide bonds. The maximum absolute atomic E-state index is 12.0. The number of aromatic hydroxyl groups is 1. The molecule has 0 radical (unpaired) electrons. The van der Waals surface area contributed by atoms with E-state index in [0.717, 1.165) is 24.8 Å². The molecule has 0 atom stereocenters. The summed E-state index contributed by atoms with van der Waals surface area (Å²) in [6, 6.07) is 6.59. The van der Waals surface area contributed by atoms with Crippen molar-refractivity contribution in [2.45, 2.75) is 37.7 Å². The summed E-state index contributed by atoms with van der Waals surface area (Å²) < 4.78 is 0. The molecule has 2 N–H and O–H groups in total. The fraction of sp³-hybridized carbons (Fsp3) is 0.400. The third-order valence-electron chi connectivity index (χ3n) is 3.46. The summed E-state index contributed by atoms with van der Waals surface area (Å²) in [4.78, 5) is 12.0. The summed E-state index contributed by atoms with van der Waals surface area (Å²) in [7, 11) is 0. The molecule has 1 saturated carbocycles. The van der Waals surface area contributed by atoms with Crippen LogP contribution in [0.4, 0.5) is 0 Å². The first-order valence-electron chi connectivity index (χ1n) is 6.34. The second kappa shape index (κ2) is 5.36. The monoisotopic (exact) mass is 246 g/mol. The lowest BCUT2D eigenvalue weighted by Gasteiger charge is -2.29. The molecule has 1 fully saturated rings. The fourth-order valence-corrected chi connectivity index (χ4v) is 2.30. The molecule has 96 valence electrons. The van der Waals surface area contributed by atoms with E-state index in [9.17, 15) is 9.90 Å². The summed E-state index contributed by atoms with van der Waals surface area (Å²) in [5, 5.41) is 19.4. The predicted octanol–water partition coefficient (Wildman–Crippen LogP) is 2.67. The van der Waals surface area contributed by atoms with Crippen LogP contribution in [0.5, 0.6) is 5.75 Å². The van der Waals surface area contributed by atoms with Gasteiger partial charge in [-0.1, -0.05) is 37.5 Å². The fourth-order valence-electron chi connectivity index (χ4n) is 2.30. The van der Waals surface area contributed by atoms with Gasteiger partial charge >= 0.3 is 0 Å². The van der Waals surface area contributed by atoms with E-state index in [1.807, 2.05) is 0 Å². The van der Waals surface area contributed by atoms with Gasteiger partial charge in [-0.2, -0.15) is 0 Å². The minimum absolute atomic E-state index is 0.199. The van der Waals surface area contributed by atoms with E-state index < -0.39 is 5.60 Å². The van der Waals surface area contributed by atoms with Gasteiger partial charge in [0.15, 0.2) is 5.78 Å². The minimum atomic E-state index is -1.16. The molecule has 3 nitrogen and oxygen atoms in total. The largest absolute Gasteiger partial charge is 0.508 e. The standard InChI is InChI=1S/C15H18O3/c16-13-7-4-12(5-8-13)6-9-14(17)15(18)10-2-1-3-11-15/h4-9,16,18H,1-3,10-11H2. The quantitative estimate of drug-likeness (QED) is 0.806. The van der Waals surface area contributed by atoms with Crippen molar-refractivity contribution in [2.75, 3.05) is 0 Å². The minimum Gasteiger partial charge on any atom is -0.508 e. The van der Waals surface area contributed by atoms with Crippen molar-refractivity contribution < 1.29 is 15.0 Å². The average molecular weight is 246 g/mol. The molecule has 0 bridgehead atoms. The highest BCUT2D eigenvalue weighted by molar-refractivity contribution is 5.99. The highest BCUT2D eigenvalue weighted by atomic mass is 16.3. The maximum Gasteiger partial charge on any atom is 0.187 e. The number of rotatable bonds is 3. The van der Waals surface area contributed by atoms with Crippen LogP contribution in [0.25, 0.3) is 6.08 Å². The Morgan fingerprint density at radius 2 is 1.72 bits per heavy atom. The van der Waals surface area contributed by atoms with Crippen molar-refractivity contribution in [3.8, 4) is 5.75 Å². The maximum atomic E-state index is 12.0. The van der Waals surface area contributed by atoms with Gasteiger partial charge in [0.05, 0.1) is 0 Å². The van der Waals surface area contributed by atoms with Gasteiger partial charge in [0.25, 0.3) is 0 Å². The number of ketones is 1. The molecular weight excluding hydrogens is 228 g/mol. The molecular formula is C15H18O3. The Balaban J connectivity index is 2.04. The molecule has 1 aromatic carbocycles. The lowest BCUT2D eigenvalue weighted by atomic mass is 9.81. The molecule has 0 heterocycles. The summed E-state index contributed by atoms with van der Waals surface area (Å²) >= 11 is 0. The SMILES string of the molecule is O=C(C=Cc1ccc(O)cc1)C1(O)CCCCC1. The second-order valence-corrected chi connectivity index (χ2v) is 4.88. The Labute approximate surface area is 107 Å². The lowest BCUT2D eigenvalue weighted by Crippen LogP contribution is -2.39. The van der Waals surface area contributed by atoms with Crippen LogP contribution < -0.4 is 0 Å². The van der Waals surface area contributed by atoms with E-state index in [2.05, 4.69) is 0 Å². The number of aliphatic hydroxyl groups is 1. The smallest absolute Gasteiger partial charge is 0.187 e. The molecule has 2 rings (SSSR count). The molecule has 18 heavy (non-hydrogen) atoms. The molecule has 3 heteroatoms. The zero-order valence-electron chi connectivity index (χ0n) is 10.3. The molecule has 1 aliphatic rings. The summed E-state index contributed by atoms with van der Waals surface area (Å²) in [5.74, 6) is -0.0142. The van der Waals surface area contributed by atoms with E-state index in [1.165, 1.54) is 6.08 Å². The average Bonchev–Trinajstić information content (AvgIpc) is 2.38. The van der Waals surface area contributed by atoms with Crippen LogP contribution in [-0.4, -0.2) is 21.6 Å². The Hall–Kier alpha value is -1.61. The van der Waals surface area contributed by atoms with Gasteiger partial charge in [0.1, 0.15) is 11.4 Å². The number of benzene rings is 1. The van der Waals surface area contributed by atoms with E-state index in [4.69, 9.17) is 5.11 Å². The normalized spacial score (nSPS) is 18.9. The Kier molecular flexibility index (Phi) is 3.82. The molecule has 0 spiro atoms. The summed E-state index contributed by atoms with van der Waals surface area (Å²) in [6.07, 6.45) is 7.16. The number of hydrogen-bond donors (Lipinski definition) is 2. The first-order chi connectivity index (χ1) is 8.60. The van der Waals surface area contributed by atoms with Crippen molar-refractivity contribution in [3.05, 3.63) is 35.9 Å². The Bertz CT molecular complexity index is 439. The third kappa shape index (κ3) is 2.99. The van der Waals surface area contributed by atoms with Crippen LogP contribution in [0.2, 0.25) is 0 Å². The Morgan fingerprint density at radius 3 is 2.33 bits per heavy atom. The van der Waals surface area contributed by atoms with Gasteiger partial charge in [-0.05, 0) is 36.6 Å². The number of phenols is 1. The first kappa shape index (κ1) is 12.8. The second-order valence-electron chi connectivity index (χ2n) is 4.88. The van der Waals surface area contributed by atoms with Crippen LogP contribution >= 0.6 is 0 Å². The van der Waals surface area contributed by atoms with Gasteiger partial charge in [-0.3, -0.25) is 4.79 Å². The number of carbonyl (C=O) groups is 1. The summed E-state index contributed by atoms with van der Waals surface area (Å²) in [5.41, 5.74) is -0.327. The van der Waals surface area contributed by atoms with E-state index >= 15 is 0 Å². The topological polar surface area (TPSA) is 57.5 Å². The van der Waals surface area contributed by atoms with E-state index in [1.54, 1.807) is 30.3 Å². The van der Waals surface area contributed by atoms with Crippen LogP contribution in [0.1, 0.15) is 37.7 Å². The van der Waals surface area contributed by atoms with Crippen molar-refractivity contribution in [1.82, 2.24) is 0 Å². The van der Waals surface area contributed by atoms with Gasteiger partial charge in [0.2, 0.25) is 0 Å². The highest BCUT2D eigenvalue weighted by Crippen LogP contribution is 2.29. The lowest BCUT2D eigenvalue weighted by molar-refractivity contribution is -0.135. The summed E-state index contributed by atoms with van der Waals surface area (Å²) in [6.45, 7) is 0. The molecule has 0 saturated heterocycles. The van der Waals surface area contributed by atoms with Gasteiger partial charge in [-0.15, -0.1) is 0 Å². The zero-order valence-corrected chi connectivity index (χ0v) is 10.3. The van der Waals surface area contributed by atoms with Crippen molar-refractivity contribution in [1.29, 1.82) is 0 Å². The van der Waals surface area contributed by atoms with Crippen LogP contribution in [0, 0.1) is 0 Å². The molecule has 0 unspecified atom stereocenters. The van der Waals surface area contributed by atoms with Crippen molar-refractivity contribution >= 4 is 11.9 Å². The van der Waals surface area contributed by atoms with Gasteiger partial charge in [0, 0.05) is 0 Å². The third-order valence-corrected chi connectivity index (χ3v) is 3.46. The van der Waals surface area contributed by atoms with E-state index in [-0.39, 0.29) is 11.5 Å². The van der Waals surface area contributed by atoms with Gasteiger partial charge in [-0.25, -0.2) is 0 Å². The first-order valence-corrected chi connectivity index (χ1v) is 6.34. The molecule has 1 aromatic rings. The van der Waals surface area contributed by atoms with Crippen LogP contribution in [0.3, 0.4) is 0 Å². The highest BCUT2D eigenvalue weighted by Gasteiger charge is 2.34. The Morgan fingerprint density at radius 1 is 1.11 bits per heavy atom.